The fourth-order valence-electron chi connectivity index (χ4n) is 1.12. The number of phenols is 1. The van der Waals surface area contributed by atoms with Gasteiger partial charge in [-0.2, -0.15) is 0 Å². The maximum absolute atomic E-state index is 10.3. The van der Waals surface area contributed by atoms with Gasteiger partial charge in [0.25, 0.3) is 0 Å². The quantitative estimate of drug-likeness (QED) is 0.717. The molecule has 0 aliphatic rings. The summed E-state index contributed by atoms with van der Waals surface area (Å²) in [6.45, 7) is 0. The summed E-state index contributed by atoms with van der Waals surface area (Å²) in [5.74, 6) is -1.36. The van der Waals surface area contributed by atoms with Crippen LogP contribution in [0.1, 0.15) is 18.1 Å². The van der Waals surface area contributed by atoms with E-state index in [0.717, 1.165) is 0 Å². The second-order valence-corrected chi connectivity index (χ2v) is 3.19. The minimum absolute atomic E-state index is 0.0524. The summed E-state index contributed by atoms with van der Waals surface area (Å²) in [5.41, 5.74) is 0.0524. The number of carboxylic acids is 1. The van der Waals surface area contributed by atoms with E-state index in [1.54, 1.807) is 0 Å². The highest BCUT2D eigenvalue weighted by Gasteiger charge is 2.18. The van der Waals surface area contributed by atoms with Gasteiger partial charge in [-0.1, -0.05) is 17.7 Å². The molecule has 3 N–H and O–H groups in total. The number of phenolic OH excluding ortho intramolecular Hbond substituents is 1. The summed E-state index contributed by atoms with van der Waals surface area (Å²) in [6, 6.07) is 4.32. The number of aliphatic carboxylic acids is 1. The van der Waals surface area contributed by atoms with Gasteiger partial charge in [0.15, 0.2) is 0 Å². The average molecular weight is 217 g/mol. The van der Waals surface area contributed by atoms with E-state index < -0.39 is 18.5 Å². The zero-order valence-corrected chi connectivity index (χ0v) is 7.90. The number of benzene rings is 1. The first-order valence-corrected chi connectivity index (χ1v) is 4.27. The van der Waals surface area contributed by atoms with Crippen molar-refractivity contribution >= 4 is 17.6 Å². The third kappa shape index (κ3) is 2.37. The Labute approximate surface area is 85.4 Å². The van der Waals surface area contributed by atoms with Crippen molar-refractivity contribution in [2.24, 2.45) is 0 Å². The van der Waals surface area contributed by atoms with Gasteiger partial charge in [0.2, 0.25) is 0 Å². The predicted molar refractivity (Wildman–Crippen MR) is 50.3 cm³/mol. The van der Waals surface area contributed by atoms with Gasteiger partial charge >= 0.3 is 5.97 Å². The molecule has 14 heavy (non-hydrogen) atoms. The van der Waals surface area contributed by atoms with Crippen LogP contribution in [0, 0.1) is 0 Å². The molecule has 0 radical (unpaired) electrons. The molecular weight excluding hydrogens is 208 g/mol. The maximum Gasteiger partial charge on any atom is 0.306 e. The van der Waals surface area contributed by atoms with E-state index in [1.165, 1.54) is 18.2 Å². The molecule has 0 amide bonds. The van der Waals surface area contributed by atoms with Crippen LogP contribution >= 0.6 is 11.6 Å². The Morgan fingerprint density at radius 3 is 2.64 bits per heavy atom. The molecule has 1 atom stereocenters. The predicted octanol–water partition coefficient (Wildman–Crippen LogP) is 1.55. The summed E-state index contributed by atoms with van der Waals surface area (Å²) in [6.07, 6.45) is -1.78. The van der Waals surface area contributed by atoms with E-state index >= 15 is 0 Å². The highest BCUT2D eigenvalue weighted by molar-refractivity contribution is 6.31. The molecule has 0 fully saturated rings. The highest BCUT2D eigenvalue weighted by Crippen LogP contribution is 2.32. The molecule has 1 aromatic rings. The van der Waals surface area contributed by atoms with Gasteiger partial charge in [-0.25, -0.2) is 0 Å². The second kappa shape index (κ2) is 4.30. The Bertz CT molecular complexity index is 330. The average Bonchev–Trinajstić information content (AvgIpc) is 2.01. The SMILES string of the molecule is O=C(O)C[C@@H](O)c1c(O)cccc1Cl. The summed E-state index contributed by atoms with van der Waals surface area (Å²) in [4.78, 5) is 10.3. The fourth-order valence-corrected chi connectivity index (χ4v) is 1.42. The van der Waals surface area contributed by atoms with Crippen molar-refractivity contribution in [2.75, 3.05) is 0 Å². The lowest BCUT2D eigenvalue weighted by Gasteiger charge is -2.11. The number of carboxylic acid groups (broad SMARTS) is 1. The first-order chi connectivity index (χ1) is 6.52. The lowest BCUT2D eigenvalue weighted by molar-refractivity contribution is -0.139. The second-order valence-electron chi connectivity index (χ2n) is 2.79. The topological polar surface area (TPSA) is 77.8 Å². The van der Waals surface area contributed by atoms with E-state index in [0.29, 0.717) is 0 Å². The fraction of sp³-hybridized carbons (Fsp3) is 0.222. The van der Waals surface area contributed by atoms with E-state index in [1.807, 2.05) is 0 Å². The van der Waals surface area contributed by atoms with Crippen LogP contribution in [0.25, 0.3) is 0 Å². The van der Waals surface area contributed by atoms with Gasteiger partial charge in [0, 0.05) is 5.56 Å². The van der Waals surface area contributed by atoms with Crippen molar-refractivity contribution in [3.8, 4) is 5.75 Å². The number of carbonyl (C=O) groups is 1. The summed E-state index contributed by atoms with van der Waals surface area (Å²) >= 11 is 5.69. The highest BCUT2D eigenvalue weighted by atomic mass is 35.5. The number of rotatable bonds is 3. The standard InChI is InChI=1S/C9H9ClO4/c10-5-2-1-3-6(11)9(5)7(12)4-8(13)14/h1-3,7,11-12H,4H2,(H,13,14)/t7-/m1/s1. The minimum Gasteiger partial charge on any atom is -0.508 e. The normalized spacial score (nSPS) is 12.4. The van der Waals surface area contributed by atoms with Gasteiger partial charge in [-0.05, 0) is 12.1 Å². The monoisotopic (exact) mass is 216 g/mol. The number of aliphatic hydroxyl groups is 1. The summed E-state index contributed by atoms with van der Waals surface area (Å²) in [7, 11) is 0. The van der Waals surface area contributed by atoms with Crippen molar-refractivity contribution in [1.82, 2.24) is 0 Å². The third-order valence-corrected chi connectivity index (χ3v) is 2.06. The molecule has 0 aliphatic heterocycles. The molecule has 4 nitrogen and oxygen atoms in total. The number of hydrogen-bond donors (Lipinski definition) is 3. The Kier molecular flexibility index (Phi) is 3.33. The van der Waals surface area contributed by atoms with Gasteiger partial charge in [0.1, 0.15) is 5.75 Å². The van der Waals surface area contributed by atoms with Crippen molar-refractivity contribution < 1.29 is 20.1 Å². The van der Waals surface area contributed by atoms with E-state index in [-0.39, 0.29) is 16.3 Å². The van der Waals surface area contributed by atoms with Crippen LogP contribution in [0.4, 0.5) is 0 Å². The molecule has 0 spiro atoms. The van der Waals surface area contributed by atoms with E-state index in [2.05, 4.69) is 0 Å². The molecule has 1 aromatic carbocycles. The largest absolute Gasteiger partial charge is 0.508 e. The van der Waals surface area contributed by atoms with Crippen LogP contribution < -0.4 is 0 Å². The van der Waals surface area contributed by atoms with E-state index in [4.69, 9.17) is 16.7 Å². The lowest BCUT2D eigenvalue weighted by atomic mass is 10.1. The molecule has 0 heterocycles. The molecule has 76 valence electrons. The molecule has 0 unspecified atom stereocenters. The Morgan fingerprint density at radius 2 is 2.14 bits per heavy atom. The maximum atomic E-state index is 10.3. The van der Waals surface area contributed by atoms with Gasteiger partial charge in [-0.15, -0.1) is 0 Å². The van der Waals surface area contributed by atoms with Crippen LogP contribution in [0.2, 0.25) is 5.02 Å². The molecule has 0 bridgehead atoms. The number of hydrogen-bond acceptors (Lipinski definition) is 3. The Balaban J connectivity index is 2.99. The Morgan fingerprint density at radius 1 is 1.50 bits per heavy atom. The Hall–Kier alpha value is -1.26. The third-order valence-electron chi connectivity index (χ3n) is 1.73. The molecule has 0 aromatic heterocycles. The zero-order valence-electron chi connectivity index (χ0n) is 7.14. The number of halogens is 1. The molecule has 5 heteroatoms. The van der Waals surface area contributed by atoms with Crippen molar-refractivity contribution in [2.45, 2.75) is 12.5 Å². The molecule has 0 aliphatic carbocycles. The van der Waals surface area contributed by atoms with Crippen molar-refractivity contribution in [3.05, 3.63) is 28.8 Å². The molecule has 0 saturated heterocycles. The van der Waals surface area contributed by atoms with Crippen LogP contribution in [-0.4, -0.2) is 21.3 Å². The first-order valence-electron chi connectivity index (χ1n) is 3.89. The summed E-state index contributed by atoms with van der Waals surface area (Å²) in [5, 5.41) is 27.4. The van der Waals surface area contributed by atoms with Crippen molar-refractivity contribution in [1.29, 1.82) is 0 Å². The van der Waals surface area contributed by atoms with Crippen LogP contribution in [0.5, 0.6) is 5.75 Å². The lowest BCUT2D eigenvalue weighted by Crippen LogP contribution is -2.06. The van der Waals surface area contributed by atoms with Crippen LogP contribution in [-0.2, 0) is 4.79 Å². The zero-order chi connectivity index (χ0) is 10.7. The summed E-state index contributed by atoms with van der Waals surface area (Å²) < 4.78 is 0. The van der Waals surface area contributed by atoms with Gasteiger partial charge < -0.3 is 15.3 Å². The number of aliphatic hydroxyl groups excluding tert-OH is 1. The first kappa shape index (κ1) is 10.8. The van der Waals surface area contributed by atoms with Gasteiger partial charge in [-0.3, -0.25) is 4.79 Å². The van der Waals surface area contributed by atoms with Crippen molar-refractivity contribution in [3.63, 3.8) is 0 Å². The molecule has 0 saturated carbocycles. The van der Waals surface area contributed by atoms with Gasteiger partial charge in [0.05, 0.1) is 17.5 Å². The minimum atomic E-state index is -1.29. The smallest absolute Gasteiger partial charge is 0.306 e. The van der Waals surface area contributed by atoms with Crippen LogP contribution in [0.3, 0.4) is 0 Å². The van der Waals surface area contributed by atoms with E-state index in [9.17, 15) is 15.0 Å². The van der Waals surface area contributed by atoms with Crippen LogP contribution in [0.15, 0.2) is 18.2 Å². The molecular formula is C9H9ClO4. The number of aromatic hydroxyl groups is 1. The molecule has 1 rings (SSSR count).